The minimum Gasteiger partial charge on any atom is -0.744 e. The summed E-state index contributed by atoms with van der Waals surface area (Å²) in [5, 5.41) is 0. The van der Waals surface area contributed by atoms with Crippen molar-refractivity contribution in [1.29, 1.82) is 0 Å². The molecule has 0 bridgehead atoms. The van der Waals surface area contributed by atoms with Gasteiger partial charge in [-0.2, -0.15) is 0 Å². The molecule has 0 aromatic heterocycles. The molecule has 0 saturated heterocycles. The first-order valence-corrected chi connectivity index (χ1v) is 10.9. The molecule has 9 heteroatoms. The predicted octanol–water partition coefficient (Wildman–Crippen LogP) is 3.01. The smallest absolute Gasteiger partial charge is 0.744 e. The van der Waals surface area contributed by atoms with Crippen LogP contribution in [0.5, 0.6) is 0 Å². The Hall–Kier alpha value is -2.01. The third-order valence-electron chi connectivity index (χ3n) is 4.04. The van der Waals surface area contributed by atoms with Crippen LogP contribution >= 0.6 is 0 Å². The van der Waals surface area contributed by atoms with E-state index in [-0.39, 0.29) is 32.8 Å². The van der Waals surface area contributed by atoms with Crippen LogP contribution in [0.4, 0.5) is 0 Å². The molecule has 144 valence electrons. The van der Waals surface area contributed by atoms with Crippen LogP contribution in [0.25, 0.3) is 22.3 Å². The molecule has 4 aliphatic carbocycles. The molecule has 0 atom stereocenters. The fourth-order valence-electron chi connectivity index (χ4n) is 2.81. The molecule has 0 saturated carbocycles. The second kappa shape index (κ2) is 9.20. The second-order valence-corrected chi connectivity index (χ2v) is 8.56. The zero-order valence-electron chi connectivity index (χ0n) is 15.1. The molecule has 6 nitrogen and oxygen atoms in total. The molecule has 0 N–H and O–H groups in total. The Morgan fingerprint density at radius 2 is 0.828 bits per heavy atom. The molecule has 0 unspecified atom stereocenters. The van der Waals surface area contributed by atoms with Crippen molar-refractivity contribution in [2.45, 2.75) is 9.79 Å². The summed E-state index contributed by atoms with van der Waals surface area (Å²) in [6.45, 7) is 0. The van der Waals surface area contributed by atoms with Crippen LogP contribution < -0.4 is 0 Å². The summed E-state index contributed by atoms with van der Waals surface area (Å²) in [5.41, 5.74) is 2.46. The van der Waals surface area contributed by atoms with Crippen molar-refractivity contribution in [3.05, 3.63) is 84.9 Å². The van der Waals surface area contributed by atoms with Gasteiger partial charge in [0.15, 0.2) is 0 Å². The van der Waals surface area contributed by atoms with Crippen LogP contribution in [-0.2, 0) is 20.2 Å². The van der Waals surface area contributed by atoms with Crippen LogP contribution in [0.2, 0.25) is 0 Å². The first kappa shape index (κ1) is 23.3. The van der Waals surface area contributed by atoms with Crippen LogP contribution in [0, 0.1) is 0 Å². The molecule has 0 radical (unpaired) electrons. The summed E-state index contributed by atoms with van der Waals surface area (Å²) in [4.78, 5) is -0.299. The van der Waals surface area contributed by atoms with Gasteiger partial charge in [-0.25, -0.2) is 16.8 Å². The summed E-state index contributed by atoms with van der Waals surface area (Å²) in [5.74, 6) is 0. The Morgan fingerprint density at radius 3 is 1.17 bits per heavy atom. The van der Waals surface area contributed by atoms with Crippen LogP contribution in [0.1, 0.15) is 0 Å². The van der Waals surface area contributed by atoms with Crippen molar-refractivity contribution in [3.8, 4) is 22.3 Å². The zero-order chi connectivity index (χ0) is 20.4. The molecular formula is C20H14MgO6S2. The molecule has 0 heterocycles. The third-order valence-corrected chi connectivity index (χ3v) is 5.83. The minimum absolute atomic E-state index is 0. The Kier molecular flexibility index (Phi) is 7.38. The number of rotatable bonds is 2. The molecule has 0 spiro atoms. The van der Waals surface area contributed by atoms with Gasteiger partial charge < -0.3 is 9.11 Å². The SMILES string of the molecule is O=S(=O)([O-])c1ccc2cccccc1-2.O=S(=O)([O-])c1ccc2cccccc1-2.[Mg+2]. The summed E-state index contributed by atoms with van der Waals surface area (Å²) >= 11 is 0. The van der Waals surface area contributed by atoms with Crippen molar-refractivity contribution in [1.82, 2.24) is 0 Å². The van der Waals surface area contributed by atoms with Crippen molar-refractivity contribution < 1.29 is 25.9 Å². The maximum atomic E-state index is 10.9. The zero-order valence-corrected chi connectivity index (χ0v) is 18.1. The topological polar surface area (TPSA) is 114 Å². The molecular weight excluding hydrogens is 425 g/mol. The molecule has 0 aromatic rings. The van der Waals surface area contributed by atoms with Gasteiger partial charge in [0.2, 0.25) is 0 Å². The van der Waals surface area contributed by atoms with Crippen molar-refractivity contribution in [2.75, 3.05) is 0 Å². The van der Waals surface area contributed by atoms with E-state index in [1.165, 1.54) is 12.1 Å². The summed E-state index contributed by atoms with van der Waals surface area (Å²) in [7, 11) is -8.73. The normalized spacial score (nSPS) is 11.4. The first-order valence-electron chi connectivity index (χ1n) is 8.05. The average molecular weight is 439 g/mol. The van der Waals surface area contributed by atoms with Gasteiger partial charge in [-0.15, -0.1) is 0 Å². The maximum Gasteiger partial charge on any atom is 2.00 e. The fourth-order valence-corrected chi connectivity index (χ4v) is 4.19. The molecule has 0 amide bonds. The second-order valence-electron chi connectivity index (χ2n) is 5.86. The Labute approximate surface area is 185 Å². The van der Waals surface area contributed by atoms with Crippen molar-refractivity contribution >= 4 is 43.3 Å². The maximum absolute atomic E-state index is 10.9. The van der Waals surface area contributed by atoms with Gasteiger partial charge in [-0.3, -0.25) is 0 Å². The summed E-state index contributed by atoms with van der Waals surface area (Å²) in [6, 6.07) is 23.3. The van der Waals surface area contributed by atoms with Crippen molar-refractivity contribution in [3.63, 3.8) is 0 Å². The largest absolute Gasteiger partial charge is 2.00 e. The van der Waals surface area contributed by atoms with Gasteiger partial charge in [0.25, 0.3) is 0 Å². The van der Waals surface area contributed by atoms with E-state index in [1.807, 2.05) is 0 Å². The fraction of sp³-hybridized carbons (Fsp3) is 0. The van der Waals surface area contributed by atoms with Crippen LogP contribution in [-0.4, -0.2) is 49.0 Å². The van der Waals surface area contributed by atoms with Crippen LogP contribution in [0.15, 0.2) is 94.7 Å². The Morgan fingerprint density at radius 1 is 0.483 bits per heavy atom. The van der Waals surface area contributed by atoms with Gasteiger partial charge in [0, 0.05) is 0 Å². The van der Waals surface area contributed by atoms with E-state index >= 15 is 0 Å². The predicted molar refractivity (Wildman–Crippen MR) is 108 cm³/mol. The molecule has 4 aliphatic rings. The average Bonchev–Trinajstić information content (AvgIpc) is 3.04. The van der Waals surface area contributed by atoms with Crippen molar-refractivity contribution in [2.24, 2.45) is 0 Å². The van der Waals surface area contributed by atoms with E-state index in [4.69, 9.17) is 0 Å². The van der Waals surface area contributed by atoms with Gasteiger partial charge in [0.1, 0.15) is 20.2 Å². The van der Waals surface area contributed by atoms with E-state index in [0.29, 0.717) is 11.1 Å². The summed E-state index contributed by atoms with van der Waals surface area (Å²) in [6.07, 6.45) is 0. The van der Waals surface area contributed by atoms with Gasteiger partial charge in [-0.1, -0.05) is 72.8 Å². The van der Waals surface area contributed by atoms with Gasteiger partial charge in [0.05, 0.1) is 9.79 Å². The molecule has 0 aromatic carbocycles. The van der Waals surface area contributed by atoms with E-state index in [1.54, 1.807) is 72.8 Å². The summed E-state index contributed by atoms with van der Waals surface area (Å²) < 4.78 is 65.1. The van der Waals surface area contributed by atoms with E-state index < -0.39 is 20.2 Å². The molecule has 4 rings (SSSR count). The molecule has 0 fully saturated rings. The number of fused-ring (bicyclic) bond motifs is 2. The third kappa shape index (κ3) is 5.53. The van der Waals surface area contributed by atoms with E-state index in [9.17, 15) is 25.9 Å². The minimum atomic E-state index is -4.37. The first-order chi connectivity index (χ1) is 13.2. The van der Waals surface area contributed by atoms with Gasteiger partial charge >= 0.3 is 23.1 Å². The molecule has 29 heavy (non-hydrogen) atoms. The Bertz CT molecular complexity index is 1170. The monoisotopic (exact) mass is 438 g/mol. The van der Waals surface area contributed by atoms with E-state index in [0.717, 1.165) is 11.1 Å². The van der Waals surface area contributed by atoms with E-state index in [2.05, 4.69) is 0 Å². The Balaban J connectivity index is 0.000000200. The van der Waals surface area contributed by atoms with Crippen LogP contribution in [0.3, 0.4) is 0 Å². The number of hydrogen-bond acceptors (Lipinski definition) is 6. The quantitative estimate of drug-likeness (QED) is 0.351. The molecule has 0 aliphatic heterocycles. The number of hydrogen-bond donors (Lipinski definition) is 0. The standard InChI is InChI=1S/2C10H8O3S.Mg/c2*11-14(12,13)10-7-6-8-4-2-1-3-5-9(8)10;/h2*1-7H,(H,11,12,13);/q;;+2/p-2. The van der Waals surface area contributed by atoms with Gasteiger partial charge in [-0.05, 0) is 34.4 Å².